The largest absolute Gasteiger partial charge is 0.449 e. The molecule has 1 aromatic carbocycles. The van der Waals surface area contributed by atoms with Crippen LogP contribution in [0.4, 0.5) is 5.69 Å². The third-order valence-corrected chi connectivity index (χ3v) is 4.93. The predicted molar refractivity (Wildman–Crippen MR) is 108 cm³/mol. The number of ether oxygens (including phenoxy) is 1. The highest BCUT2D eigenvalue weighted by molar-refractivity contribution is 6.22. The Morgan fingerprint density at radius 3 is 2.50 bits per heavy atom. The maximum atomic E-state index is 12.5. The van der Waals surface area contributed by atoms with Crippen molar-refractivity contribution in [3.8, 4) is 0 Å². The number of hydrogen-bond acceptors (Lipinski definition) is 6. The second-order valence-corrected chi connectivity index (χ2v) is 6.98. The standard InChI is InChI=1S/C21H22N4O5/c1-6-9-25-19(27)15-8-7-14(10-16(15)20(25)28)21(29)30-13(4)18(26)22-17-11(2)23-24(5)12(17)3/h6-8,10,13H,1,9H2,2-5H3,(H,22,26)/t13-/m1/s1. The number of carbonyl (C=O) groups is 4. The molecule has 0 unspecified atom stereocenters. The van der Waals surface area contributed by atoms with Gasteiger partial charge in [0.25, 0.3) is 17.7 Å². The van der Waals surface area contributed by atoms with Gasteiger partial charge in [-0.3, -0.25) is 24.0 Å². The van der Waals surface area contributed by atoms with Gasteiger partial charge in [-0.1, -0.05) is 6.08 Å². The lowest BCUT2D eigenvalue weighted by atomic mass is 10.1. The first kappa shape index (κ1) is 21.0. The lowest BCUT2D eigenvalue weighted by Gasteiger charge is -2.14. The number of benzene rings is 1. The number of amides is 3. The first-order chi connectivity index (χ1) is 14.1. The Kier molecular flexibility index (Phi) is 5.55. The van der Waals surface area contributed by atoms with E-state index in [2.05, 4.69) is 17.0 Å². The van der Waals surface area contributed by atoms with Gasteiger partial charge in [-0.15, -0.1) is 6.58 Å². The van der Waals surface area contributed by atoms with Crippen LogP contribution in [0.15, 0.2) is 30.9 Å². The summed E-state index contributed by atoms with van der Waals surface area (Å²) >= 11 is 0. The number of esters is 1. The Labute approximate surface area is 173 Å². The van der Waals surface area contributed by atoms with Crippen molar-refractivity contribution in [2.24, 2.45) is 7.05 Å². The minimum Gasteiger partial charge on any atom is -0.449 e. The summed E-state index contributed by atoms with van der Waals surface area (Å²) in [5, 5.41) is 6.94. The van der Waals surface area contributed by atoms with Gasteiger partial charge in [0, 0.05) is 13.6 Å². The van der Waals surface area contributed by atoms with Gasteiger partial charge in [-0.05, 0) is 39.0 Å². The van der Waals surface area contributed by atoms with Crippen LogP contribution in [-0.4, -0.2) is 51.0 Å². The Balaban J connectivity index is 1.72. The summed E-state index contributed by atoms with van der Waals surface area (Å²) in [4.78, 5) is 50.7. The number of hydrogen-bond donors (Lipinski definition) is 1. The molecule has 1 atom stereocenters. The number of aryl methyl sites for hydroxylation is 2. The van der Waals surface area contributed by atoms with Crippen molar-refractivity contribution in [1.82, 2.24) is 14.7 Å². The van der Waals surface area contributed by atoms with Crippen molar-refractivity contribution >= 4 is 29.4 Å². The average molecular weight is 410 g/mol. The van der Waals surface area contributed by atoms with Crippen LogP contribution in [0, 0.1) is 13.8 Å². The fourth-order valence-electron chi connectivity index (χ4n) is 3.17. The van der Waals surface area contributed by atoms with E-state index in [1.54, 1.807) is 18.7 Å². The number of carbonyl (C=O) groups excluding carboxylic acids is 4. The van der Waals surface area contributed by atoms with Crippen LogP contribution < -0.4 is 5.32 Å². The molecule has 9 heteroatoms. The third-order valence-electron chi connectivity index (χ3n) is 4.93. The monoisotopic (exact) mass is 410 g/mol. The van der Waals surface area contributed by atoms with Crippen LogP contribution in [0.5, 0.6) is 0 Å². The van der Waals surface area contributed by atoms with Crippen molar-refractivity contribution < 1.29 is 23.9 Å². The van der Waals surface area contributed by atoms with E-state index in [0.717, 1.165) is 10.6 Å². The smallest absolute Gasteiger partial charge is 0.338 e. The summed E-state index contributed by atoms with van der Waals surface area (Å²) < 4.78 is 6.89. The minimum atomic E-state index is -1.08. The second kappa shape index (κ2) is 7.94. The fourth-order valence-corrected chi connectivity index (χ4v) is 3.17. The van der Waals surface area contributed by atoms with Crippen molar-refractivity contribution in [3.63, 3.8) is 0 Å². The molecular formula is C21H22N4O5. The van der Waals surface area contributed by atoms with Gasteiger partial charge in [0.15, 0.2) is 6.10 Å². The number of nitrogens with zero attached hydrogens (tertiary/aromatic N) is 3. The number of rotatable bonds is 6. The molecule has 3 amide bonds. The number of anilines is 1. The van der Waals surface area contributed by atoms with Gasteiger partial charge in [-0.25, -0.2) is 4.79 Å². The molecule has 9 nitrogen and oxygen atoms in total. The van der Waals surface area contributed by atoms with E-state index >= 15 is 0 Å². The number of fused-ring (bicyclic) bond motifs is 1. The summed E-state index contributed by atoms with van der Waals surface area (Å²) in [5.41, 5.74) is 2.39. The van der Waals surface area contributed by atoms with Crippen molar-refractivity contribution in [3.05, 3.63) is 58.9 Å². The zero-order valence-corrected chi connectivity index (χ0v) is 17.2. The Morgan fingerprint density at radius 2 is 1.90 bits per heavy atom. The summed E-state index contributed by atoms with van der Waals surface area (Å²) in [5.74, 6) is -2.22. The average Bonchev–Trinajstić information content (AvgIpc) is 3.09. The molecular weight excluding hydrogens is 388 g/mol. The van der Waals surface area contributed by atoms with Gasteiger partial charge in [0.2, 0.25) is 0 Å². The summed E-state index contributed by atoms with van der Waals surface area (Å²) in [7, 11) is 1.76. The molecule has 0 saturated heterocycles. The molecule has 0 aliphatic carbocycles. The fraction of sp³-hybridized carbons (Fsp3) is 0.286. The minimum absolute atomic E-state index is 0.0729. The van der Waals surface area contributed by atoms with E-state index in [1.165, 1.54) is 31.2 Å². The molecule has 0 radical (unpaired) electrons. The molecule has 2 aromatic rings. The molecule has 0 fully saturated rings. The molecule has 1 aliphatic rings. The quantitative estimate of drug-likeness (QED) is 0.443. The highest BCUT2D eigenvalue weighted by atomic mass is 16.5. The highest BCUT2D eigenvalue weighted by Crippen LogP contribution is 2.24. The van der Waals surface area contributed by atoms with E-state index in [-0.39, 0.29) is 23.2 Å². The lowest BCUT2D eigenvalue weighted by molar-refractivity contribution is -0.123. The van der Waals surface area contributed by atoms with Gasteiger partial charge >= 0.3 is 5.97 Å². The van der Waals surface area contributed by atoms with Gasteiger partial charge in [0.1, 0.15) is 0 Å². The first-order valence-corrected chi connectivity index (χ1v) is 9.28. The van der Waals surface area contributed by atoms with E-state index in [1.807, 2.05) is 6.92 Å². The van der Waals surface area contributed by atoms with Crippen LogP contribution in [0.2, 0.25) is 0 Å². The van der Waals surface area contributed by atoms with Crippen molar-refractivity contribution in [1.29, 1.82) is 0 Å². The number of nitrogens with one attached hydrogen (secondary N) is 1. The van der Waals surface area contributed by atoms with Crippen molar-refractivity contribution in [2.75, 3.05) is 11.9 Å². The Bertz CT molecular complexity index is 1090. The van der Waals surface area contributed by atoms with Crippen LogP contribution in [-0.2, 0) is 16.6 Å². The number of imide groups is 1. The molecule has 1 N–H and O–H groups in total. The Morgan fingerprint density at radius 1 is 1.23 bits per heavy atom. The molecule has 0 bridgehead atoms. The highest BCUT2D eigenvalue weighted by Gasteiger charge is 2.35. The second-order valence-electron chi connectivity index (χ2n) is 6.98. The third kappa shape index (κ3) is 3.61. The maximum absolute atomic E-state index is 12.5. The molecule has 3 rings (SSSR count). The van der Waals surface area contributed by atoms with E-state index in [4.69, 9.17) is 4.74 Å². The van der Waals surface area contributed by atoms with Crippen molar-refractivity contribution in [2.45, 2.75) is 26.9 Å². The van der Waals surface area contributed by atoms with Crippen LogP contribution in [0.25, 0.3) is 0 Å². The first-order valence-electron chi connectivity index (χ1n) is 9.28. The summed E-state index contributed by atoms with van der Waals surface area (Å²) in [6.07, 6.45) is 0.363. The van der Waals surface area contributed by atoms with E-state index < -0.39 is 29.8 Å². The normalized spacial score (nSPS) is 13.8. The summed E-state index contributed by atoms with van der Waals surface area (Å²) in [6, 6.07) is 4.10. The summed E-state index contributed by atoms with van der Waals surface area (Å²) in [6.45, 7) is 8.63. The van der Waals surface area contributed by atoms with E-state index in [0.29, 0.717) is 11.4 Å². The molecule has 1 aliphatic heterocycles. The topological polar surface area (TPSA) is 111 Å². The predicted octanol–water partition coefficient (Wildman–Crippen LogP) is 2.00. The molecule has 156 valence electrons. The van der Waals surface area contributed by atoms with Gasteiger partial charge < -0.3 is 10.1 Å². The molecule has 1 aromatic heterocycles. The zero-order valence-electron chi connectivity index (χ0n) is 17.2. The molecule has 0 saturated carbocycles. The van der Waals surface area contributed by atoms with Crippen LogP contribution >= 0.6 is 0 Å². The molecule has 30 heavy (non-hydrogen) atoms. The van der Waals surface area contributed by atoms with E-state index in [9.17, 15) is 19.2 Å². The molecule has 2 heterocycles. The van der Waals surface area contributed by atoms with Crippen LogP contribution in [0.1, 0.15) is 49.4 Å². The van der Waals surface area contributed by atoms with Gasteiger partial charge in [0.05, 0.1) is 33.8 Å². The number of aromatic nitrogens is 2. The Hall–Kier alpha value is -3.75. The SMILES string of the molecule is C=CCN1C(=O)c2ccc(C(=O)O[C@H](C)C(=O)Nc3c(C)nn(C)c3C)cc2C1=O. The van der Waals surface area contributed by atoms with Gasteiger partial charge in [-0.2, -0.15) is 5.10 Å². The zero-order chi connectivity index (χ0) is 22.2. The maximum Gasteiger partial charge on any atom is 0.338 e. The molecule has 0 spiro atoms. The lowest BCUT2D eigenvalue weighted by Crippen LogP contribution is -2.30. The van der Waals surface area contributed by atoms with Crippen LogP contribution in [0.3, 0.4) is 0 Å².